The normalized spacial score (nSPS) is 11.4. The Morgan fingerprint density at radius 2 is 1.71 bits per heavy atom. The molecule has 7 heteroatoms. The second-order valence-corrected chi connectivity index (χ2v) is 6.43. The zero-order chi connectivity index (χ0) is 14.8. The van der Waals surface area contributed by atoms with E-state index in [9.17, 15) is 4.57 Å². The number of ether oxygens (including phenoxy) is 1. The minimum Gasteiger partial charge on any atom is -0.463 e. The Kier molecular flexibility index (Phi) is 10.6. The van der Waals surface area contributed by atoms with E-state index in [0.717, 1.165) is 25.2 Å². The minimum absolute atomic E-state index is 0. The van der Waals surface area contributed by atoms with E-state index in [2.05, 4.69) is 6.92 Å². The summed E-state index contributed by atoms with van der Waals surface area (Å²) in [6.45, 7) is 7.57. The lowest BCUT2D eigenvalue weighted by Gasteiger charge is -2.15. The summed E-state index contributed by atoms with van der Waals surface area (Å²) < 4.78 is 33.9. The molecule has 1 heterocycles. The fourth-order valence-electron chi connectivity index (χ4n) is 1.72. The van der Waals surface area contributed by atoms with Crippen molar-refractivity contribution in [3.8, 4) is 0 Å². The van der Waals surface area contributed by atoms with Gasteiger partial charge in [0.15, 0.2) is 0 Å². The monoisotopic (exact) mass is 322 g/mol. The molecular formula is C14H27O6P. The lowest BCUT2D eigenvalue weighted by Crippen LogP contribution is -1.98. The highest BCUT2D eigenvalue weighted by atomic mass is 31.2. The van der Waals surface area contributed by atoms with E-state index < -0.39 is 7.60 Å². The minimum atomic E-state index is -3.10. The summed E-state index contributed by atoms with van der Waals surface area (Å²) in [6, 6.07) is 3.63. The molecule has 21 heavy (non-hydrogen) atoms. The first-order valence-electron chi connectivity index (χ1n) is 7.17. The van der Waals surface area contributed by atoms with E-state index >= 15 is 0 Å². The highest BCUT2D eigenvalue weighted by Crippen LogP contribution is 2.51. The van der Waals surface area contributed by atoms with Crippen molar-refractivity contribution < 1.29 is 28.2 Å². The van der Waals surface area contributed by atoms with Gasteiger partial charge in [-0.15, -0.1) is 0 Å². The maximum atomic E-state index is 12.4. The van der Waals surface area contributed by atoms with Crippen molar-refractivity contribution in [3.05, 3.63) is 23.7 Å². The summed E-state index contributed by atoms with van der Waals surface area (Å²) in [4.78, 5) is 0. The van der Waals surface area contributed by atoms with Crippen LogP contribution in [0.4, 0.5) is 0 Å². The Morgan fingerprint density at radius 3 is 2.29 bits per heavy atom. The average molecular weight is 322 g/mol. The predicted molar refractivity (Wildman–Crippen MR) is 81.4 cm³/mol. The summed E-state index contributed by atoms with van der Waals surface area (Å²) in [7, 11) is -3.10. The van der Waals surface area contributed by atoms with Crippen LogP contribution < -0.4 is 0 Å². The molecule has 1 aromatic rings. The second kappa shape index (κ2) is 11.0. The Morgan fingerprint density at radius 1 is 1.10 bits per heavy atom. The zero-order valence-electron chi connectivity index (χ0n) is 13.1. The van der Waals surface area contributed by atoms with Gasteiger partial charge in [0.1, 0.15) is 24.3 Å². The van der Waals surface area contributed by atoms with Crippen molar-refractivity contribution >= 4 is 7.60 Å². The van der Waals surface area contributed by atoms with Crippen LogP contribution in [-0.2, 0) is 31.1 Å². The van der Waals surface area contributed by atoms with Gasteiger partial charge in [-0.3, -0.25) is 4.57 Å². The maximum Gasteiger partial charge on any atom is 0.338 e. The summed E-state index contributed by atoms with van der Waals surface area (Å²) >= 11 is 0. The SMILES string of the molecule is CCCCOCc1ccc(CP(=O)(OCC)OCC)o1.O. The Labute approximate surface area is 126 Å². The van der Waals surface area contributed by atoms with Gasteiger partial charge in [-0.25, -0.2) is 0 Å². The first-order chi connectivity index (χ1) is 9.63. The summed E-state index contributed by atoms with van der Waals surface area (Å²) in [5.74, 6) is 1.33. The van der Waals surface area contributed by atoms with Gasteiger partial charge in [0.2, 0.25) is 0 Å². The van der Waals surface area contributed by atoms with E-state index in [1.54, 1.807) is 19.9 Å². The summed E-state index contributed by atoms with van der Waals surface area (Å²) in [5.41, 5.74) is 0. The highest BCUT2D eigenvalue weighted by Gasteiger charge is 2.25. The van der Waals surface area contributed by atoms with Gasteiger partial charge in [-0.2, -0.15) is 0 Å². The Bertz CT molecular complexity index is 407. The smallest absolute Gasteiger partial charge is 0.338 e. The third-order valence-electron chi connectivity index (χ3n) is 2.60. The highest BCUT2D eigenvalue weighted by molar-refractivity contribution is 7.53. The third kappa shape index (κ3) is 7.79. The quantitative estimate of drug-likeness (QED) is 0.459. The molecule has 0 radical (unpaired) electrons. The van der Waals surface area contributed by atoms with Crippen LogP contribution in [0.5, 0.6) is 0 Å². The van der Waals surface area contributed by atoms with Crippen LogP contribution in [0.3, 0.4) is 0 Å². The molecule has 124 valence electrons. The van der Waals surface area contributed by atoms with Crippen LogP contribution in [0.1, 0.15) is 45.1 Å². The second-order valence-electron chi connectivity index (χ2n) is 4.38. The summed E-state index contributed by atoms with van der Waals surface area (Å²) in [5, 5.41) is 0. The van der Waals surface area contributed by atoms with E-state index in [4.69, 9.17) is 18.2 Å². The molecule has 0 aliphatic carbocycles. The zero-order valence-corrected chi connectivity index (χ0v) is 14.0. The van der Waals surface area contributed by atoms with Crippen LogP contribution >= 0.6 is 7.60 Å². The van der Waals surface area contributed by atoms with Gasteiger partial charge >= 0.3 is 7.60 Å². The van der Waals surface area contributed by atoms with Gasteiger partial charge < -0.3 is 23.7 Å². The first kappa shape index (κ1) is 20.3. The summed E-state index contributed by atoms with van der Waals surface area (Å²) in [6.07, 6.45) is 2.30. The number of furan rings is 1. The molecule has 0 saturated carbocycles. The molecule has 0 unspecified atom stereocenters. The number of hydrogen-bond acceptors (Lipinski definition) is 5. The number of hydrogen-bond donors (Lipinski definition) is 0. The van der Waals surface area contributed by atoms with Crippen molar-refractivity contribution in [1.82, 2.24) is 0 Å². The molecule has 0 fully saturated rings. The van der Waals surface area contributed by atoms with E-state index in [0.29, 0.717) is 25.6 Å². The first-order valence-corrected chi connectivity index (χ1v) is 8.89. The molecule has 1 aromatic heterocycles. The molecule has 0 bridgehead atoms. The molecule has 0 aromatic carbocycles. The number of rotatable bonds is 11. The van der Waals surface area contributed by atoms with E-state index in [-0.39, 0.29) is 11.6 Å². The molecule has 0 atom stereocenters. The average Bonchev–Trinajstić information content (AvgIpc) is 2.82. The standard InChI is InChI=1S/C14H25O5P.H2O/c1-4-7-10-16-11-13-8-9-14(19-13)12-20(15,17-5-2)18-6-3;/h8-9H,4-7,10-12H2,1-3H3;1H2. The van der Waals surface area contributed by atoms with Crippen molar-refractivity contribution in [2.75, 3.05) is 19.8 Å². The van der Waals surface area contributed by atoms with Crippen LogP contribution in [0, 0.1) is 0 Å². The maximum absolute atomic E-state index is 12.4. The van der Waals surface area contributed by atoms with Gasteiger partial charge in [0.25, 0.3) is 0 Å². The van der Waals surface area contributed by atoms with Crippen LogP contribution in [0.25, 0.3) is 0 Å². The topological polar surface area (TPSA) is 89.4 Å². The molecule has 6 nitrogen and oxygen atoms in total. The van der Waals surface area contributed by atoms with Crippen molar-refractivity contribution in [2.24, 2.45) is 0 Å². The van der Waals surface area contributed by atoms with Crippen molar-refractivity contribution in [3.63, 3.8) is 0 Å². The van der Waals surface area contributed by atoms with Crippen LogP contribution in [-0.4, -0.2) is 25.3 Å². The predicted octanol–water partition coefficient (Wildman–Crippen LogP) is 3.54. The Balaban J connectivity index is 0.00000400. The molecule has 0 amide bonds. The lowest BCUT2D eigenvalue weighted by atomic mass is 10.4. The Hall–Kier alpha value is -0.650. The van der Waals surface area contributed by atoms with Gasteiger partial charge in [-0.05, 0) is 32.4 Å². The molecule has 0 aliphatic rings. The third-order valence-corrected chi connectivity index (χ3v) is 4.61. The van der Waals surface area contributed by atoms with Crippen LogP contribution in [0.15, 0.2) is 16.5 Å². The molecule has 0 spiro atoms. The lowest BCUT2D eigenvalue weighted by molar-refractivity contribution is 0.103. The van der Waals surface area contributed by atoms with Gasteiger partial charge in [-0.1, -0.05) is 13.3 Å². The van der Waals surface area contributed by atoms with Gasteiger partial charge in [0, 0.05) is 6.61 Å². The molecule has 2 N–H and O–H groups in total. The van der Waals surface area contributed by atoms with Crippen molar-refractivity contribution in [2.45, 2.75) is 46.4 Å². The molecule has 0 saturated heterocycles. The van der Waals surface area contributed by atoms with Crippen LogP contribution in [0.2, 0.25) is 0 Å². The van der Waals surface area contributed by atoms with Gasteiger partial charge in [0.05, 0.1) is 13.2 Å². The number of unbranched alkanes of at least 4 members (excludes halogenated alkanes) is 1. The molecule has 1 rings (SSSR count). The molecular weight excluding hydrogens is 295 g/mol. The molecule has 0 aliphatic heterocycles. The largest absolute Gasteiger partial charge is 0.463 e. The van der Waals surface area contributed by atoms with Crippen molar-refractivity contribution in [1.29, 1.82) is 0 Å². The van der Waals surface area contributed by atoms with E-state index in [1.165, 1.54) is 0 Å². The van der Waals surface area contributed by atoms with E-state index in [1.807, 2.05) is 6.07 Å². The fourth-order valence-corrected chi connectivity index (χ4v) is 3.31. The fraction of sp³-hybridized carbons (Fsp3) is 0.714.